The van der Waals surface area contributed by atoms with Crippen molar-refractivity contribution in [2.45, 2.75) is 6.61 Å². The second kappa shape index (κ2) is 15.3. The van der Waals surface area contributed by atoms with Gasteiger partial charge in [-0.05, 0) is 24.3 Å². The molecule has 0 radical (unpaired) electrons. The van der Waals surface area contributed by atoms with Crippen LogP contribution in [0.3, 0.4) is 0 Å². The molecule has 1 aromatic heterocycles. The summed E-state index contributed by atoms with van der Waals surface area (Å²) >= 11 is 6.31. The average Bonchev–Trinajstić information content (AvgIpc) is 2.79. The minimum Gasteiger partial charge on any atom is -0.539 e. The Hall–Kier alpha value is -4.60. The number of hydrazone groups is 1. The van der Waals surface area contributed by atoms with Crippen LogP contribution in [0.2, 0.25) is 5.02 Å². The summed E-state index contributed by atoms with van der Waals surface area (Å²) in [5, 5.41) is 37.2. The molecule has 194 valence electrons. The number of amides is 1. The molecule has 0 aliphatic carbocycles. The number of aromatic amines is 1. The summed E-state index contributed by atoms with van der Waals surface area (Å²) in [6.07, 6.45) is 3.72. The van der Waals surface area contributed by atoms with Gasteiger partial charge >= 0.3 is 11.9 Å². The van der Waals surface area contributed by atoms with Crippen molar-refractivity contribution in [2.24, 2.45) is 5.10 Å². The third kappa shape index (κ3) is 11.0. The smallest absolute Gasteiger partial charge is 0.351 e. The monoisotopic (exact) mass is 528 g/mol. The van der Waals surface area contributed by atoms with Crippen molar-refractivity contribution in [2.75, 3.05) is 13.6 Å². The summed E-state index contributed by atoms with van der Waals surface area (Å²) in [6, 6.07) is 9.39. The van der Waals surface area contributed by atoms with E-state index >= 15 is 0 Å². The average molecular weight is 529 g/mol. The quantitative estimate of drug-likeness (QED) is 0.274. The van der Waals surface area contributed by atoms with E-state index in [1.165, 1.54) is 0 Å². The standard InChI is InChI=1S/C16H15ClN4O2.2C2H2O4.H2O/c1-21-9-15(22)19-20-16(21)12-4-5-14(13(17)7-12)23-10-11-3-2-6-18-8-11;2*3-1(4)2(5)6;/h2-8H,9-10H2,1H3,(H,19,22);2*(H,3,4)(H,5,6);1H2. The Bertz CT molecular complexity index is 1080. The first-order valence-corrected chi connectivity index (χ1v) is 9.75. The lowest BCUT2D eigenvalue weighted by Gasteiger charge is -2.19. The van der Waals surface area contributed by atoms with Gasteiger partial charge in [-0.3, -0.25) is 9.69 Å². The Morgan fingerprint density at radius 3 is 2.19 bits per heavy atom. The fourth-order valence-corrected chi connectivity index (χ4v) is 2.57. The number of nitrogens with zero attached hydrogens (tertiary/aromatic N) is 1. The van der Waals surface area contributed by atoms with Crippen LogP contribution < -0.4 is 30.3 Å². The van der Waals surface area contributed by atoms with Gasteiger partial charge in [-0.1, -0.05) is 11.6 Å². The van der Waals surface area contributed by atoms with Gasteiger partial charge < -0.3 is 40.2 Å². The van der Waals surface area contributed by atoms with E-state index in [0.29, 0.717) is 23.9 Å². The number of aliphatic carboxylic acids is 4. The van der Waals surface area contributed by atoms with Crippen LogP contribution in [0.4, 0.5) is 0 Å². The maximum Gasteiger partial charge on any atom is 0.351 e. The number of hydrogen-bond acceptors (Lipinski definition) is 9. The number of aromatic nitrogens is 1. The van der Waals surface area contributed by atoms with Gasteiger partial charge in [0.15, 0.2) is 30.9 Å². The molecule has 2 aromatic rings. The summed E-state index contributed by atoms with van der Waals surface area (Å²) in [4.78, 5) is 51.3. The number of pyridine rings is 1. The van der Waals surface area contributed by atoms with Gasteiger partial charge in [0.05, 0.1) is 23.2 Å². The summed E-state index contributed by atoms with van der Waals surface area (Å²) in [5.41, 5.74) is 4.37. The van der Waals surface area contributed by atoms with Gasteiger partial charge in [-0.2, -0.15) is 0 Å². The molecule has 0 bridgehead atoms. The number of halogens is 1. The number of amidine groups is 1. The van der Waals surface area contributed by atoms with Crippen LogP contribution in [0.15, 0.2) is 47.8 Å². The Morgan fingerprint density at radius 1 is 1.17 bits per heavy atom. The highest BCUT2D eigenvalue weighted by Gasteiger charge is 2.24. The predicted octanol–water partition coefficient (Wildman–Crippen LogP) is -5.14. The lowest BCUT2D eigenvalue weighted by atomic mass is 10.1. The van der Waals surface area contributed by atoms with Crippen molar-refractivity contribution in [3.63, 3.8) is 0 Å². The SMILES string of the molecule is C[NH+]1CC(=O)NN=C1c1ccc(OCc2ccc[nH+]c2)c(Cl)c1.O.O=C([O-])C(=O)O.O=C([O-])C(=O)O. The second-order valence-corrected chi connectivity index (χ2v) is 6.89. The van der Waals surface area contributed by atoms with Crippen LogP contribution in [-0.2, 0) is 30.6 Å². The number of hydrogen-bond donors (Lipinski definition) is 4. The lowest BCUT2D eigenvalue weighted by molar-refractivity contribution is -0.774. The third-order valence-corrected chi connectivity index (χ3v) is 4.14. The highest BCUT2D eigenvalue weighted by molar-refractivity contribution is 6.32. The maximum atomic E-state index is 11.3. The number of carbonyl (C=O) groups excluding carboxylic acids is 3. The normalized spacial score (nSPS) is 13.6. The molecular weight excluding hydrogens is 508 g/mol. The molecule has 1 atom stereocenters. The molecule has 0 saturated heterocycles. The number of benzene rings is 1. The fourth-order valence-electron chi connectivity index (χ4n) is 2.34. The van der Waals surface area contributed by atoms with Crippen molar-refractivity contribution < 1.29 is 64.5 Å². The van der Waals surface area contributed by atoms with Crippen LogP contribution in [0.5, 0.6) is 5.75 Å². The Morgan fingerprint density at radius 2 is 1.75 bits per heavy atom. The molecule has 7 N–H and O–H groups in total. The van der Waals surface area contributed by atoms with Gasteiger partial charge in [0.25, 0.3) is 11.7 Å². The van der Waals surface area contributed by atoms with E-state index in [1.807, 2.05) is 43.7 Å². The molecule has 0 fully saturated rings. The summed E-state index contributed by atoms with van der Waals surface area (Å²) in [7, 11) is 1.89. The molecule has 16 heteroatoms. The first kappa shape index (κ1) is 31.4. The molecule has 0 saturated carbocycles. The number of ether oxygens (including phenoxy) is 1. The minimum absolute atomic E-state index is 0. The molecule has 2 heterocycles. The molecule has 36 heavy (non-hydrogen) atoms. The zero-order chi connectivity index (χ0) is 26.5. The van der Waals surface area contributed by atoms with Crippen molar-refractivity contribution in [1.82, 2.24) is 5.43 Å². The zero-order valence-corrected chi connectivity index (χ0v) is 19.2. The van der Waals surface area contributed by atoms with Gasteiger partial charge in [-0.25, -0.2) is 20.0 Å². The molecule has 0 spiro atoms. The number of nitrogens with one attached hydrogen (secondary N) is 3. The van der Waals surface area contributed by atoms with Crippen molar-refractivity contribution >= 4 is 47.2 Å². The summed E-state index contributed by atoms with van der Waals surface area (Å²) < 4.78 is 5.74. The summed E-state index contributed by atoms with van der Waals surface area (Å²) in [5.74, 6) is -6.76. The molecule has 15 nitrogen and oxygen atoms in total. The van der Waals surface area contributed by atoms with Crippen molar-refractivity contribution in [3.05, 3.63) is 58.9 Å². The van der Waals surface area contributed by atoms with E-state index in [1.54, 1.807) is 6.07 Å². The van der Waals surface area contributed by atoms with E-state index in [0.717, 1.165) is 21.9 Å². The van der Waals surface area contributed by atoms with Gasteiger partial charge in [0.1, 0.15) is 12.4 Å². The van der Waals surface area contributed by atoms with Crippen molar-refractivity contribution in [1.29, 1.82) is 0 Å². The Kier molecular flexibility index (Phi) is 13.4. The van der Waals surface area contributed by atoms with Gasteiger partial charge in [0, 0.05) is 6.07 Å². The molecule has 3 rings (SSSR count). The second-order valence-electron chi connectivity index (χ2n) is 6.48. The van der Waals surface area contributed by atoms with E-state index in [-0.39, 0.29) is 11.4 Å². The van der Waals surface area contributed by atoms with E-state index in [4.69, 9.17) is 55.9 Å². The van der Waals surface area contributed by atoms with Crippen LogP contribution in [0.1, 0.15) is 11.1 Å². The predicted molar refractivity (Wildman–Crippen MR) is 114 cm³/mol. The van der Waals surface area contributed by atoms with Gasteiger partial charge in [0.2, 0.25) is 0 Å². The fraction of sp³-hybridized carbons (Fsp3) is 0.150. The summed E-state index contributed by atoms with van der Waals surface area (Å²) in [6.45, 7) is 0.776. The van der Waals surface area contributed by atoms with Crippen LogP contribution in [-0.4, -0.2) is 64.9 Å². The van der Waals surface area contributed by atoms with E-state index in [9.17, 15) is 4.79 Å². The highest BCUT2D eigenvalue weighted by Crippen LogP contribution is 2.26. The lowest BCUT2D eigenvalue weighted by Crippen LogP contribution is -3.14. The highest BCUT2D eigenvalue weighted by atomic mass is 35.5. The Balaban J connectivity index is 0.000000790. The number of likely N-dealkylation sites (N-methyl/N-ethyl adjacent to an activating group) is 1. The largest absolute Gasteiger partial charge is 0.539 e. The van der Waals surface area contributed by atoms with Crippen molar-refractivity contribution in [3.8, 4) is 5.75 Å². The van der Waals surface area contributed by atoms with E-state index in [2.05, 4.69) is 15.5 Å². The maximum absolute atomic E-state index is 11.3. The Labute approximate surface area is 207 Å². The minimum atomic E-state index is -2.07. The van der Waals surface area contributed by atoms with Crippen LogP contribution in [0.25, 0.3) is 0 Å². The molecule has 1 amide bonds. The van der Waals surface area contributed by atoms with Crippen LogP contribution in [0, 0.1) is 0 Å². The topological polar surface area (TPSA) is 256 Å². The van der Waals surface area contributed by atoms with Crippen LogP contribution >= 0.6 is 11.6 Å². The first-order valence-electron chi connectivity index (χ1n) is 9.38. The number of rotatable bonds is 4. The van der Waals surface area contributed by atoms with Gasteiger partial charge in [-0.15, -0.1) is 5.10 Å². The molecular formula is C20H21ClN4O11. The number of H-pyrrole nitrogens is 1. The molecule has 1 aromatic carbocycles. The third-order valence-electron chi connectivity index (χ3n) is 3.84. The molecule has 1 aliphatic heterocycles. The number of carboxylic acid groups (broad SMARTS) is 4. The number of carbonyl (C=O) groups is 5. The molecule has 1 aliphatic rings. The number of quaternary nitrogens is 1. The molecule has 1 unspecified atom stereocenters. The zero-order valence-electron chi connectivity index (χ0n) is 18.4. The van der Waals surface area contributed by atoms with E-state index < -0.39 is 23.9 Å². The first-order chi connectivity index (χ1) is 16.4. The number of carboxylic acids is 4.